The first kappa shape index (κ1) is 20.9. The number of amides is 1. The molecule has 158 valence electrons. The third kappa shape index (κ3) is 4.85. The predicted molar refractivity (Wildman–Crippen MR) is 126 cm³/mol. The highest BCUT2D eigenvalue weighted by molar-refractivity contribution is 5.94. The molecule has 0 spiro atoms. The number of para-hydroxylation sites is 2. The number of fused-ring (bicyclic) bond motifs is 1. The second kappa shape index (κ2) is 9.17. The van der Waals surface area contributed by atoms with Crippen molar-refractivity contribution in [2.24, 2.45) is 5.92 Å². The maximum absolute atomic E-state index is 13.4. The molecule has 0 unspecified atom stereocenters. The highest BCUT2D eigenvalue weighted by Gasteiger charge is 2.21. The summed E-state index contributed by atoms with van der Waals surface area (Å²) in [5.41, 5.74) is 5.08. The minimum Gasteiger partial charge on any atom is -0.331 e. The van der Waals surface area contributed by atoms with Crippen molar-refractivity contribution in [2.75, 3.05) is 6.54 Å². The minimum atomic E-state index is 0.0516. The van der Waals surface area contributed by atoms with Gasteiger partial charge in [-0.25, -0.2) is 4.98 Å². The number of aryl methyl sites for hydroxylation is 1. The van der Waals surface area contributed by atoms with Gasteiger partial charge in [-0.3, -0.25) is 4.79 Å². The SMILES string of the molecule is Cc1cccc(C(=O)N(Cc2nc3ccccc3n2Cc2ccccc2)CC(C)C)c1. The Hall–Kier alpha value is -3.40. The van der Waals surface area contributed by atoms with Crippen molar-refractivity contribution in [1.82, 2.24) is 14.5 Å². The molecule has 0 saturated carbocycles. The number of carbonyl (C=O) groups is 1. The van der Waals surface area contributed by atoms with Crippen molar-refractivity contribution in [3.63, 3.8) is 0 Å². The van der Waals surface area contributed by atoms with Gasteiger partial charge in [0.05, 0.1) is 17.6 Å². The molecule has 0 aliphatic carbocycles. The summed E-state index contributed by atoms with van der Waals surface area (Å²) in [6, 6.07) is 26.4. The van der Waals surface area contributed by atoms with Crippen molar-refractivity contribution in [1.29, 1.82) is 0 Å². The Labute approximate surface area is 184 Å². The van der Waals surface area contributed by atoms with Gasteiger partial charge in [-0.15, -0.1) is 0 Å². The van der Waals surface area contributed by atoms with Gasteiger partial charge < -0.3 is 9.47 Å². The van der Waals surface area contributed by atoms with E-state index in [-0.39, 0.29) is 5.91 Å². The largest absolute Gasteiger partial charge is 0.331 e. The quantitative estimate of drug-likeness (QED) is 0.392. The summed E-state index contributed by atoms with van der Waals surface area (Å²) >= 11 is 0. The first-order valence-corrected chi connectivity index (χ1v) is 10.9. The van der Waals surface area contributed by atoms with Gasteiger partial charge in [0.25, 0.3) is 5.91 Å². The molecule has 1 heterocycles. The number of carbonyl (C=O) groups excluding carboxylic acids is 1. The van der Waals surface area contributed by atoms with Crippen LogP contribution in [0.1, 0.15) is 41.2 Å². The minimum absolute atomic E-state index is 0.0516. The summed E-state index contributed by atoms with van der Waals surface area (Å²) < 4.78 is 2.24. The Bertz CT molecular complexity index is 1180. The van der Waals surface area contributed by atoms with Crippen LogP contribution < -0.4 is 0 Å². The molecule has 1 aromatic heterocycles. The topological polar surface area (TPSA) is 38.1 Å². The van der Waals surface area contributed by atoms with Crippen LogP contribution >= 0.6 is 0 Å². The number of nitrogens with zero attached hydrogens (tertiary/aromatic N) is 3. The smallest absolute Gasteiger partial charge is 0.254 e. The second-order valence-corrected chi connectivity index (χ2v) is 8.54. The number of imidazole rings is 1. The van der Waals surface area contributed by atoms with E-state index in [4.69, 9.17) is 4.98 Å². The van der Waals surface area contributed by atoms with Crippen LogP contribution in [-0.4, -0.2) is 26.9 Å². The van der Waals surface area contributed by atoms with E-state index >= 15 is 0 Å². The van der Waals surface area contributed by atoms with E-state index < -0.39 is 0 Å². The number of hydrogen-bond acceptors (Lipinski definition) is 2. The van der Waals surface area contributed by atoms with Crippen molar-refractivity contribution in [3.05, 3.63) is 101 Å². The Morgan fingerprint density at radius 2 is 1.71 bits per heavy atom. The van der Waals surface area contributed by atoms with Gasteiger partial charge in [0.1, 0.15) is 5.82 Å². The van der Waals surface area contributed by atoms with Crippen LogP contribution in [0.25, 0.3) is 11.0 Å². The zero-order valence-corrected chi connectivity index (χ0v) is 18.5. The molecule has 4 aromatic rings. The average molecular weight is 412 g/mol. The number of hydrogen-bond donors (Lipinski definition) is 0. The maximum atomic E-state index is 13.4. The van der Waals surface area contributed by atoms with E-state index in [9.17, 15) is 4.79 Å². The molecular weight excluding hydrogens is 382 g/mol. The molecular formula is C27H29N3O. The third-order valence-corrected chi connectivity index (χ3v) is 5.39. The van der Waals surface area contributed by atoms with Gasteiger partial charge >= 0.3 is 0 Å². The van der Waals surface area contributed by atoms with Gasteiger partial charge in [-0.05, 0) is 42.7 Å². The van der Waals surface area contributed by atoms with Gasteiger partial charge in [0, 0.05) is 18.7 Å². The summed E-state index contributed by atoms with van der Waals surface area (Å²) in [4.78, 5) is 20.3. The van der Waals surface area contributed by atoms with Crippen LogP contribution in [0.4, 0.5) is 0 Å². The fourth-order valence-electron chi connectivity index (χ4n) is 3.98. The Balaban J connectivity index is 1.71. The molecule has 0 radical (unpaired) electrons. The molecule has 0 N–H and O–H groups in total. The summed E-state index contributed by atoms with van der Waals surface area (Å²) in [6.45, 7) is 8.19. The maximum Gasteiger partial charge on any atom is 0.254 e. The first-order valence-electron chi connectivity index (χ1n) is 10.9. The molecule has 0 aliphatic rings. The van der Waals surface area contributed by atoms with Crippen molar-refractivity contribution < 1.29 is 4.79 Å². The zero-order valence-electron chi connectivity index (χ0n) is 18.5. The number of aromatic nitrogens is 2. The normalized spacial score (nSPS) is 11.2. The van der Waals surface area contributed by atoms with Gasteiger partial charge in [0.15, 0.2) is 0 Å². The van der Waals surface area contributed by atoms with Gasteiger partial charge in [-0.2, -0.15) is 0 Å². The molecule has 0 atom stereocenters. The fourth-order valence-corrected chi connectivity index (χ4v) is 3.98. The molecule has 0 aliphatic heterocycles. The lowest BCUT2D eigenvalue weighted by Crippen LogP contribution is -2.34. The van der Waals surface area contributed by atoms with Crippen molar-refractivity contribution >= 4 is 16.9 Å². The van der Waals surface area contributed by atoms with E-state index in [1.165, 1.54) is 5.56 Å². The van der Waals surface area contributed by atoms with E-state index in [2.05, 4.69) is 48.7 Å². The number of rotatable bonds is 7. The van der Waals surface area contributed by atoms with E-state index in [1.807, 2.05) is 60.4 Å². The predicted octanol–water partition coefficient (Wildman–Crippen LogP) is 5.69. The molecule has 4 rings (SSSR count). The molecule has 0 saturated heterocycles. The Kier molecular flexibility index (Phi) is 6.17. The summed E-state index contributed by atoms with van der Waals surface area (Å²) in [5, 5.41) is 0. The van der Waals surface area contributed by atoms with Crippen LogP contribution in [0.5, 0.6) is 0 Å². The third-order valence-electron chi connectivity index (χ3n) is 5.39. The summed E-state index contributed by atoms with van der Waals surface area (Å²) in [5.74, 6) is 1.32. The van der Waals surface area contributed by atoms with Gasteiger partial charge in [0.2, 0.25) is 0 Å². The lowest BCUT2D eigenvalue weighted by atomic mass is 10.1. The van der Waals surface area contributed by atoms with Crippen molar-refractivity contribution in [3.8, 4) is 0 Å². The zero-order chi connectivity index (χ0) is 21.8. The molecule has 1 amide bonds. The lowest BCUT2D eigenvalue weighted by molar-refractivity contribution is 0.0716. The van der Waals surface area contributed by atoms with Crippen molar-refractivity contribution in [2.45, 2.75) is 33.9 Å². The lowest BCUT2D eigenvalue weighted by Gasteiger charge is -2.25. The summed E-state index contributed by atoms with van der Waals surface area (Å²) in [7, 11) is 0. The van der Waals surface area contributed by atoms with E-state index in [0.29, 0.717) is 19.0 Å². The number of benzene rings is 3. The van der Waals surface area contributed by atoms with Crippen LogP contribution in [0.2, 0.25) is 0 Å². The van der Waals surface area contributed by atoms with Crippen LogP contribution in [0.3, 0.4) is 0 Å². The molecule has 0 fully saturated rings. The van der Waals surface area contributed by atoms with Gasteiger partial charge in [-0.1, -0.05) is 74.0 Å². The standard InChI is InChI=1S/C27H29N3O/c1-20(2)17-29(27(31)23-13-9-10-21(3)16-23)19-26-28-24-14-7-8-15-25(24)30(26)18-22-11-5-4-6-12-22/h4-16,20H,17-19H2,1-3H3. The monoisotopic (exact) mass is 411 g/mol. The molecule has 3 aromatic carbocycles. The van der Waals surface area contributed by atoms with Crippen LogP contribution in [0, 0.1) is 12.8 Å². The molecule has 4 heteroatoms. The fraction of sp³-hybridized carbons (Fsp3) is 0.259. The molecule has 4 nitrogen and oxygen atoms in total. The van der Waals surface area contributed by atoms with E-state index in [1.54, 1.807) is 0 Å². The average Bonchev–Trinajstić information content (AvgIpc) is 3.10. The summed E-state index contributed by atoms with van der Waals surface area (Å²) in [6.07, 6.45) is 0. The molecule has 0 bridgehead atoms. The first-order chi connectivity index (χ1) is 15.0. The van der Waals surface area contributed by atoms with Crippen LogP contribution in [0.15, 0.2) is 78.9 Å². The Morgan fingerprint density at radius 3 is 2.45 bits per heavy atom. The van der Waals surface area contributed by atoms with E-state index in [0.717, 1.165) is 34.5 Å². The molecule has 31 heavy (non-hydrogen) atoms. The highest BCUT2D eigenvalue weighted by atomic mass is 16.2. The highest BCUT2D eigenvalue weighted by Crippen LogP contribution is 2.21. The van der Waals surface area contributed by atoms with Crippen LogP contribution in [-0.2, 0) is 13.1 Å². The Morgan fingerprint density at radius 1 is 0.968 bits per heavy atom. The second-order valence-electron chi connectivity index (χ2n) is 8.54.